The van der Waals surface area contributed by atoms with Crippen LogP contribution < -0.4 is 14.8 Å². The summed E-state index contributed by atoms with van der Waals surface area (Å²) in [6, 6.07) is 7.21. The first-order chi connectivity index (χ1) is 10.7. The van der Waals surface area contributed by atoms with Gasteiger partial charge in [0.25, 0.3) is 0 Å². The number of hydrogen-bond acceptors (Lipinski definition) is 6. The zero-order chi connectivity index (χ0) is 15.9. The Balaban J connectivity index is 2.17. The van der Waals surface area contributed by atoms with Crippen LogP contribution in [0.15, 0.2) is 24.3 Å². The quantitative estimate of drug-likeness (QED) is 0.753. The molecule has 8 nitrogen and oxygen atoms in total. The lowest BCUT2D eigenvalue weighted by molar-refractivity contribution is -0.121. The van der Waals surface area contributed by atoms with Crippen LogP contribution in [-0.4, -0.2) is 40.2 Å². The molecule has 0 bridgehead atoms. The van der Waals surface area contributed by atoms with Crippen LogP contribution in [0.5, 0.6) is 11.5 Å². The third-order valence-electron chi connectivity index (χ3n) is 3.07. The molecule has 2 aromatic rings. The summed E-state index contributed by atoms with van der Waals surface area (Å²) in [4.78, 5) is 11.5. The summed E-state index contributed by atoms with van der Waals surface area (Å²) in [6.45, 7) is -0.160. The Labute approximate surface area is 127 Å². The Hall–Kier alpha value is -2.61. The fourth-order valence-electron chi connectivity index (χ4n) is 1.88. The van der Waals surface area contributed by atoms with E-state index >= 15 is 0 Å². The van der Waals surface area contributed by atoms with E-state index in [2.05, 4.69) is 15.6 Å². The SMILES string of the molecule is CNC(=O)Cn1nnc(CO)c1COc1ccccc1OC. The van der Waals surface area contributed by atoms with Gasteiger partial charge in [-0.3, -0.25) is 4.79 Å². The van der Waals surface area contributed by atoms with E-state index in [0.29, 0.717) is 22.9 Å². The Morgan fingerprint density at radius 2 is 2.09 bits per heavy atom. The van der Waals surface area contributed by atoms with Gasteiger partial charge >= 0.3 is 0 Å². The summed E-state index contributed by atoms with van der Waals surface area (Å²) >= 11 is 0. The number of ether oxygens (including phenoxy) is 2. The van der Waals surface area contributed by atoms with E-state index in [1.54, 1.807) is 19.2 Å². The van der Waals surface area contributed by atoms with Gasteiger partial charge in [-0.15, -0.1) is 5.10 Å². The largest absolute Gasteiger partial charge is 0.493 e. The highest BCUT2D eigenvalue weighted by molar-refractivity contribution is 5.75. The molecular weight excluding hydrogens is 288 g/mol. The number of rotatable bonds is 7. The third kappa shape index (κ3) is 3.53. The molecule has 0 saturated carbocycles. The average molecular weight is 306 g/mol. The molecule has 1 aromatic heterocycles. The topological polar surface area (TPSA) is 98.5 Å². The maximum atomic E-state index is 11.5. The molecule has 1 heterocycles. The lowest BCUT2D eigenvalue weighted by Crippen LogP contribution is -2.25. The lowest BCUT2D eigenvalue weighted by atomic mass is 10.3. The molecule has 2 N–H and O–H groups in total. The van der Waals surface area contributed by atoms with Gasteiger partial charge in [-0.05, 0) is 12.1 Å². The number of methoxy groups -OCH3 is 1. The normalized spacial score (nSPS) is 10.3. The van der Waals surface area contributed by atoms with Crippen LogP contribution in [-0.2, 0) is 24.6 Å². The summed E-state index contributed by atoms with van der Waals surface area (Å²) in [7, 11) is 3.09. The number of likely N-dealkylation sites (N-methyl/N-ethyl adjacent to an activating group) is 1. The second-order valence-electron chi connectivity index (χ2n) is 4.41. The van der Waals surface area contributed by atoms with Crippen LogP contribution in [0.25, 0.3) is 0 Å². The number of nitrogens with one attached hydrogen (secondary N) is 1. The minimum absolute atomic E-state index is 0.00805. The van der Waals surface area contributed by atoms with Gasteiger partial charge in [0.15, 0.2) is 11.5 Å². The summed E-state index contributed by atoms with van der Waals surface area (Å²) < 4.78 is 12.3. The number of aliphatic hydroxyl groups excluding tert-OH is 1. The first kappa shape index (κ1) is 15.8. The van der Waals surface area contributed by atoms with Crippen molar-refractivity contribution in [2.24, 2.45) is 0 Å². The van der Waals surface area contributed by atoms with Gasteiger partial charge < -0.3 is 19.9 Å². The van der Waals surface area contributed by atoms with E-state index in [0.717, 1.165) is 0 Å². The maximum Gasteiger partial charge on any atom is 0.241 e. The second kappa shape index (κ2) is 7.41. The van der Waals surface area contributed by atoms with Gasteiger partial charge in [0.2, 0.25) is 5.91 Å². The van der Waals surface area contributed by atoms with Crippen molar-refractivity contribution in [2.45, 2.75) is 19.8 Å². The van der Waals surface area contributed by atoms with Crippen molar-refractivity contribution in [3.05, 3.63) is 35.7 Å². The smallest absolute Gasteiger partial charge is 0.241 e. The monoisotopic (exact) mass is 306 g/mol. The minimum Gasteiger partial charge on any atom is -0.493 e. The molecule has 118 valence electrons. The Morgan fingerprint density at radius 1 is 1.36 bits per heavy atom. The van der Waals surface area contributed by atoms with Gasteiger partial charge in [0, 0.05) is 7.05 Å². The van der Waals surface area contributed by atoms with Crippen molar-refractivity contribution < 1.29 is 19.4 Å². The average Bonchev–Trinajstić information content (AvgIpc) is 2.94. The molecule has 1 aromatic carbocycles. The van der Waals surface area contributed by atoms with Gasteiger partial charge in [0.1, 0.15) is 24.5 Å². The number of nitrogens with zero attached hydrogens (tertiary/aromatic N) is 3. The van der Waals surface area contributed by atoms with Crippen LogP contribution in [0, 0.1) is 0 Å². The van der Waals surface area contributed by atoms with E-state index in [-0.39, 0.29) is 25.7 Å². The summed E-state index contributed by atoms with van der Waals surface area (Å²) in [5.41, 5.74) is 0.913. The van der Waals surface area contributed by atoms with Crippen molar-refractivity contribution in [2.75, 3.05) is 14.2 Å². The van der Waals surface area contributed by atoms with Crippen LogP contribution in [0.3, 0.4) is 0 Å². The van der Waals surface area contributed by atoms with Gasteiger partial charge in [-0.2, -0.15) is 0 Å². The molecule has 0 saturated heterocycles. The molecule has 0 spiro atoms. The molecule has 2 rings (SSSR count). The number of amides is 1. The van der Waals surface area contributed by atoms with Gasteiger partial charge in [-0.25, -0.2) is 4.68 Å². The molecule has 0 unspecified atom stereocenters. The van der Waals surface area contributed by atoms with E-state index in [9.17, 15) is 9.90 Å². The number of benzene rings is 1. The van der Waals surface area contributed by atoms with Crippen LogP contribution in [0.2, 0.25) is 0 Å². The number of carbonyl (C=O) groups excluding carboxylic acids is 1. The molecule has 8 heteroatoms. The minimum atomic E-state index is -0.279. The standard InChI is InChI=1S/C14H18N4O4/c1-15-14(20)7-18-11(10(8-19)16-17-18)9-22-13-6-4-3-5-12(13)21-2/h3-6,19H,7-9H2,1-2H3,(H,15,20). The predicted octanol–water partition coefficient (Wildman–Crippen LogP) is 0.104. The first-order valence-electron chi connectivity index (χ1n) is 6.68. The number of carbonyl (C=O) groups is 1. The molecule has 22 heavy (non-hydrogen) atoms. The first-order valence-corrected chi connectivity index (χ1v) is 6.68. The third-order valence-corrected chi connectivity index (χ3v) is 3.07. The van der Waals surface area contributed by atoms with Crippen LogP contribution in [0.4, 0.5) is 0 Å². The highest BCUT2D eigenvalue weighted by atomic mass is 16.5. The van der Waals surface area contributed by atoms with Crippen LogP contribution >= 0.6 is 0 Å². The number of aromatic nitrogens is 3. The fraction of sp³-hybridized carbons (Fsp3) is 0.357. The maximum absolute atomic E-state index is 11.5. The summed E-state index contributed by atoms with van der Waals surface area (Å²) in [5, 5.41) is 19.5. The zero-order valence-electron chi connectivity index (χ0n) is 12.4. The lowest BCUT2D eigenvalue weighted by Gasteiger charge is -2.11. The van der Waals surface area contributed by atoms with E-state index in [1.807, 2.05) is 12.1 Å². The van der Waals surface area contributed by atoms with Crippen molar-refractivity contribution in [1.29, 1.82) is 0 Å². The van der Waals surface area contributed by atoms with E-state index in [4.69, 9.17) is 9.47 Å². The Bertz CT molecular complexity index is 642. The molecule has 0 fully saturated rings. The molecular formula is C14H18N4O4. The van der Waals surface area contributed by atoms with E-state index < -0.39 is 0 Å². The molecule has 1 amide bonds. The number of hydrogen-bond donors (Lipinski definition) is 2. The van der Waals surface area contributed by atoms with Crippen molar-refractivity contribution in [3.8, 4) is 11.5 Å². The highest BCUT2D eigenvalue weighted by Gasteiger charge is 2.15. The summed E-state index contributed by atoms with van der Waals surface area (Å²) in [6.07, 6.45) is 0. The molecule has 0 aliphatic rings. The number of para-hydroxylation sites is 2. The van der Waals surface area contributed by atoms with Crippen molar-refractivity contribution in [1.82, 2.24) is 20.3 Å². The van der Waals surface area contributed by atoms with E-state index in [1.165, 1.54) is 11.7 Å². The predicted molar refractivity (Wildman–Crippen MR) is 77.3 cm³/mol. The second-order valence-corrected chi connectivity index (χ2v) is 4.41. The zero-order valence-corrected chi connectivity index (χ0v) is 12.4. The Kier molecular flexibility index (Phi) is 5.31. The molecule has 0 aliphatic carbocycles. The molecule has 0 radical (unpaired) electrons. The van der Waals surface area contributed by atoms with Gasteiger partial charge in [-0.1, -0.05) is 17.3 Å². The molecule has 0 aliphatic heterocycles. The van der Waals surface area contributed by atoms with Crippen molar-refractivity contribution in [3.63, 3.8) is 0 Å². The van der Waals surface area contributed by atoms with Gasteiger partial charge in [0.05, 0.1) is 13.7 Å². The highest BCUT2D eigenvalue weighted by Crippen LogP contribution is 2.26. The number of aliphatic hydroxyl groups is 1. The van der Waals surface area contributed by atoms with Crippen molar-refractivity contribution >= 4 is 5.91 Å². The van der Waals surface area contributed by atoms with Crippen LogP contribution in [0.1, 0.15) is 11.4 Å². The molecule has 0 atom stereocenters. The Morgan fingerprint density at radius 3 is 2.73 bits per heavy atom. The summed E-state index contributed by atoms with van der Waals surface area (Å²) in [5.74, 6) is 0.938. The fourth-order valence-corrected chi connectivity index (χ4v) is 1.88.